The molecule has 2 unspecified atom stereocenters. The molecular weight excluding hydrogens is 276 g/mol. The standard InChI is InChI=1S/C15H21ClN2O2/c1-10-4-3-7-15(8-10,9-19)18-14(20)11-5-2-6-12(17)13(11)16/h2,5-6,10,19H,3-4,7-9,17H2,1H3,(H,18,20). The first kappa shape index (κ1) is 15.1. The molecular formula is C15H21ClN2O2. The smallest absolute Gasteiger partial charge is 0.253 e. The minimum atomic E-state index is -0.539. The number of hydrogen-bond donors (Lipinski definition) is 3. The molecule has 4 N–H and O–H groups in total. The van der Waals surface area contributed by atoms with Gasteiger partial charge in [-0.15, -0.1) is 0 Å². The molecule has 0 bridgehead atoms. The summed E-state index contributed by atoms with van der Waals surface area (Å²) >= 11 is 6.07. The SMILES string of the molecule is CC1CCCC(CO)(NC(=O)c2cccc(N)c2Cl)C1. The summed E-state index contributed by atoms with van der Waals surface area (Å²) in [5.74, 6) is 0.220. The van der Waals surface area contributed by atoms with E-state index in [0.29, 0.717) is 17.2 Å². The van der Waals surface area contributed by atoms with Crippen LogP contribution in [0.15, 0.2) is 18.2 Å². The zero-order valence-electron chi connectivity index (χ0n) is 11.7. The van der Waals surface area contributed by atoms with Crippen molar-refractivity contribution in [1.29, 1.82) is 0 Å². The first-order chi connectivity index (χ1) is 9.47. The molecule has 5 heteroatoms. The molecule has 1 amide bonds. The fourth-order valence-electron chi connectivity index (χ4n) is 2.99. The quantitative estimate of drug-likeness (QED) is 0.751. The van der Waals surface area contributed by atoms with E-state index in [-0.39, 0.29) is 17.5 Å². The molecule has 0 aliphatic heterocycles. The highest BCUT2D eigenvalue weighted by atomic mass is 35.5. The minimum Gasteiger partial charge on any atom is -0.398 e. The Morgan fingerprint density at radius 3 is 3.00 bits per heavy atom. The van der Waals surface area contributed by atoms with Crippen molar-refractivity contribution >= 4 is 23.2 Å². The molecule has 1 saturated carbocycles. The van der Waals surface area contributed by atoms with Gasteiger partial charge in [-0.2, -0.15) is 0 Å². The van der Waals surface area contributed by atoms with E-state index in [4.69, 9.17) is 17.3 Å². The fourth-order valence-corrected chi connectivity index (χ4v) is 3.20. The van der Waals surface area contributed by atoms with Gasteiger partial charge in [-0.25, -0.2) is 0 Å². The van der Waals surface area contributed by atoms with Crippen molar-refractivity contribution in [2.45, 2.75) is 38.1 Å². The number of hydrogen-bond acceptors (Lipinski definition) is 3. The molecule has 0 radical (unpaired) electrons. The topological polar surface area (TPSA) is 75.3 Å². The van der Waals surface area contributed by atoms with Crippen LogP contribution in [-0.2, 0) is 0 Å². The maximum atomic E-state index is 12.4. The van der Waals surface area contributed by atoms with Crippen molar-refractivity contribution in [2.24, 2.45) is 5.92 Å². The molecule has 1 aliphatic carbocycles. The number of nitrogens with one attached hydrogen (secondary N) is 1. The predicted octanol–water partition coefficient (Wildman–Crippen LogP) is 2.59. The normalized spacial score (nSPS) is 26.2. The average Bonchev–Trinajstić information content (AvgIpc) is 2.41. The zero-order valence-corrected chi connectivity index (χ0v) is 12.4. The Morgan fingerprint density at radius 2 is 2.35 bits per heavy atom. The van der Waals surface area contributed by atoms with E-state index in [1.165, 1.54) is 0 Å². The van der Waals surface area contributed by atoms with Crippen molar-refractivity contribution < 1.29 is 9.90 Å². The van der Waals surface area contributed by atoms with Crippen molar-refractivity contribution in [3.05, 3.63) is 28.8 Å². The van der Waals surface area contributed by atoms with Crippen LogP contribution in [0.2, 0.25) is 5.02 Å². The van der Waals surface area contributed by atoms with Gasteiger partial charge < -0.3 is 16.2 Å². The van der Waals surface area contributed by atoms with E-state index in [0.717, 1.165) is 25.7 Å². The number of anilines is 1. The van der Waals surface area contributed by atoms with Crippen molar-refractivity contribution in [3.8, 4) is 0 Å². The number of benzene rings is 1. The van der Waals surface area contributed by atoms with E-state index >= 15 is 0 Å². The lowest BCUT2D eigenvalue weighted by Crippen LogP contribution is -2.53. The maximum absolute atomic E-state index is 12.4. The Balaban J connectivity index is 2.19. The summed E-state index contributed by atoms with van der Waals surface area (Å²) in [6.07, 6.45) is 3.72. The third-order valence-corrected chi connectivity index (χ3v) is 4.47. The molecule has 0 aromatic heterocycles. The lowest BCUT2D eigenvalue weighted by Gasteiger charge is -2.39. The van der Waals surface area contributed by atoms with Crippen molar-refractivity contribution in [3.63, 3.8) is 0 Å². The third kappa shape index (κ3) is 3.07. The molecule has 1 aromatic rings. The number of halogens is 1. The molecule has 0 saturated heterocycles. The molecule has 4 nitrogen and oxygen atoms in total. The number of aliphatic hydroxyl groups excluding tert-OH is 1. The molecule has 20 heavy (non-hydrogen) atoms. The van der Waals surface area contributed by atoms with Gasteiger partial charge in [0.25, 0.3) is 5.91 Å². The molecule has 110 valence electrons. The minimum absolute atomic E-state index is 0.0526. The number of aliphatic hydroxyl groups is 1. The lowest BCUT2D eigenvalue weighted by atomic mass is 9.76. The van der Waals surface area contributed by atoms with Gasteiger partial charge in [-0.1, -0.05) is 37.4 Å². The number of rotatable bonds is 3. The summed E-state index contributed by atoms with van der Waals surface area (Å²) in [5.41, 5.74) is 5.92. The van der Waals surface area contributed by atoms with E-state index < -0.39 is 5.54 Å². The molecule has 0 heterocycles. The molecule has 0 spiro atoms. The maximum Gasteiger partial charge on any atom is 0.253 e. The first-order valence-corrected chi connectivity index (χ1v) is 7.32. The molecule has 1 fully saturated rings. The summed E-state index contributed by atoms with van der Waals surface area (Å²) in [7, 11) is 0. The van der Waals surface area contributed by atoms with E-state index in [1.807, 2.05) is 0 Å². The second kappa shape index (κ2) is 6.02. The highest BCUT2D eigenvalue weighted by molar-refractivity contribution is 6.36. The van der Waals surface area contributed by atoms with Crippen LogP contribution < -0.4 is 11.1 Å². The van der Waals surface area contributed by atoms with Crippen LogP contribution in [0, 0.1) is 5.92 Å². The number of carbonyl (C=O) groups is 1. The Morgan fingerprint density at radius 1 is 1.60 bits per heavy atom. The monoisotopic (exact) mass is 296 g/mol. The van der Waals surface area contributed by atoms with Gasteiger partial charge in [0.05, 0.1) is 28.4 Å². The molecule has 1 aromatic carbocycles. The van der Waals surface area contributed by atoms with Gasteiger partial charge in [0, 0.05) is 0 Å². The van der Waals surface area contributed by atoms with Gasteiger partial charge in [-0.05, 0) is 30.9 Å². The second-order valence-corrected chi connectivity index (χ2v) is 6.18. The Labute approximate surface area is 124 Å². The molecule has 2 atom stereocenters. The lowest BCUT2D eigenvalue weighted by molar-refractivity contribution is 0.0697. The number of carbonyl (C=O) groups excluding carboxylic acids is 1. The van der Waals surface area contributed by atoms with Crippen LogP contribution in [0.4, 0.5) is 5.69 Å². The van der Waals surface area contributed by atoms with Gasteiger partial charge >= 0.3 is 0 Å². The summed E-state index contributed by atoms with van der Waals surface area (Å²) in [6, 6.07) is 5.00. The molecule has 2 rings (SSSR count). The molecule has 1 aliphatic rings. The Hall–Kier alpha value is -1.26. The van der Waals surface area contributed by atoms with Crippen LogP contribution in [0.3, 0.4) is 0 Å². The number of amides is 1. The van der Waals surface area contributed by atoms with Crippen LogP contribution >= 0.6 is 11.6 Å². The van der Waals surface area contributed by atoms with Gasteiger partial charge in [0.15, 0.2) is 0 Å². The van der Waals surface area contributed by atoms with E-state index in [2.05, 4.69) is 12.2 Å². The van der Waals surface area contributed by atoms with E-state index in [1.54, 1.807) is 18.2 Å². The average molecular weight is 297 g/mol. The zero-order chi connectivity index (χ0) is 14.8. The summed E-state index contributed by atoms with van der Waals surface area (Å²) < 4.78 is 0. The van der Waals surface area contributed by atoms with E-state index in [9.17, 15) is 9.90 Å². The van der Waals surface area contributed by atoms with Crippen molar-refractivity contribution in [1.82, 2.24) is 5.32 Å². The van der Waals surface area contributed by atoms with Gasteiger partial charge in [0.2, 0.25) is 0 Å². The highest BCUT2D eigenvalue weighted by Crippen LogP contribution is 2.33. The number of nitrogen functional groups attached to an aromatic ring is 1. The number of nitrogens with two attached hydrogens (primary N) is 1. The largest absolute Gasteiger partial charge is 0.398 e. The third-order valence-electron chi connectivity index (χ3n) is 4.05. The summed E-state index contributed by atoms with van der Waals surface area (Å²) in [6.45, 7) is 2.09. The fraction of sp³-hybridized carbons (Fsp3) is 0.533. The van der Waals surface area contributed by atoms with Crippen molar-refractivity contribution in [2.75, 3.05) is 12.3 Å². The van der Waals surface area contributed by atoms with Crippen LogP contribution in [0.5, 0.6) is 0 Å². The van der Waals surface area contributed by atoms with Crippen LogP contribution in [0.1, 0.15) is 43.0 Å². The summed E-state index contributed by atoms with van der Waals surface area (Å²) in [4.78, 5) is 12.4. The Bertz CT molecular complexity index is 507. The van der Waals surface area contributed by atoms with Gasteiger partial charge in [-0.3, -0.25) is 4.79 Å². The Kier molecular flexibility index (Phi) is 4.55. The van der Waals surface area contributed by atoms with Crippen LogP contribution in [-0.4, -0.2) is 23.2 Å². The first-order valence-electron chi connectivity index (χ1n) is 6.95. The second-order valence-electron chi connectivity index (χ2n) is 5.80. The highest BCUT2D eigenvalue weighted by Gasteiger charge is 2.36. The predicted molar refractivity (Wildman–Crippen MR) is 80.8 cm³/mol. The van der Waals surface area contributed by atoms with Gasteiger partial charge in [0.1, 0.15) is 0 Å². The summed E-state index contributed by atoms with van der Waals surface area (Å²) in [5, 5.41) is 12.9. The van der Waals surface area contributed by atoms with Crippen LogP contribution in [0.25, 0.3) is 0 Å².